The number of amides is 2. The van der Waals surface area contributed by atoms with E-state index in [1.165, 1.54) is 5.56 Å². The van der Waals surface area contributed by atoms with Crippen LogP contribution < -0.4 is 21.1 Å². The summed E-state index contributed by atoms with van der Waals surface area (Å²) in [7, 11) is 0. The molecule has 2 aliphatic rings. The molecule has 0 spiro atoms. The number of rotatable bonds is 10. The van der Waals surface area contributed by atoms with Crippen LogP contribution in [0.2, 0.25) is 0 Å². The van der Waals surface area contributed by atoms with Crippen LogP contribution in [0.15, 0.2) is 47.3 Å². The van der Waals surface area contributed by atoms with Crippen LogP contribution in [0.25, 0.3) is 11.1 Å². The van der Waals surface area contributed by atoms with Gasteiger partial charge in [0.1, 0.15) is 0 Å². The van der Waals surface area contributed by atoms with Gasteiger partial charge in [0.05, 0.1) is 13.2 Å². The van der Waals surface area contributed by atoms with E-state index in [1.54, 1.807) is 6.92 Å². The Hall–Kier alpha value is -3.95. The van der Waals surface area contributed by atoms with Crippen molar-refractivity contribution in [3.8, 4) is 11.1 Å². The van der Waals surface area contributed by atoms with Crippen molar-refractivity contribution in [3.05, 3.63) is 86.3 Å². The number of H-pyrrole nitrogens is 1. The fourth-order valence-corrected chi connectivity index (χ4v) is 7.03. The Labute approximate surface area is 272 Å². The van der Waals surface area contributed by atoms with Crippen LogP contribution in [0.4, 0.5) is 5.69 Å². The molecule has 9 heteroatoms. The van der Waals surface area contributed by atoms with Gasteiger partial charge in [-0.05, 0) is 99.4 Å². The molecule has 246 valence electrons. The van der Waals surface area contributed by atoms with E-state index in [1.807, 2.05) is 32.9 Å². The van der Waals surface area contributed by atoms with Gasteiger partial charge >= 0.3 is 0 Å². The number of hydrogen-bond acceptors (Lipinski definition) is 6. The standard InChI is InChI=1S/C37H49N5O4/c1-6-42(32-13-11-31(12-14-32)40-27(5)43)35-21-30(29-9-7-28(8-10-29)23-41-15-17-46-18-16-41)20-33(26(35)4)36(44)38-22-34-24(2)19-25(3)39-37(34)45/h7-10,19-21,31-32H,6,11-18,22-23H2,1-5H3,(H,38,44)(H,39,45)(H,40,43)/t31-,32-. The normalized spacial score (nSPS) is 18.6. The first kappa shape index (κ1) is 33.4. The summed E-state index contributed by atoms with van der Waals surface area (Å²) in [5.74, 6) is -0.178. The molecule has 1 aliphatic heterocycles. The van der Waals surface area contributed by atoms with Crippen molar-refractivity contribution in [2.45, 2.75) is 85.5 Å². The summed E-state index contributed by atoms with van der Waals surface area (Å²) in [6.45, 7) is 14.8. The summed E-state index contributed by atoms with van der Waals surface area (Å²) in [6.07, 6.45) is 3.80. The predicted octanol–water partition coefficient (Wildman–Crippen LogP) is 5.00. The molecule has 5 rings (SSSR count). The lowest BCUT2D eigenvalue weighted by molar-refractivity contribution is -0.119. The molecule has 1 saturated heterocycles. The second-order valence-corrected chi connectivity index (χ2v) is 12.9. The molecule has 1 aliphatic carbocycles. The van der Waals surface area contributed by atoms with Gasteiger partial charge in [0, 0.05) is 74.2 Å². The van der Waals surface area contributed by atoms with Crippen molar-refractivity contribution in [1.82, 2.24) is 20.5 Å². The first-order chi connectivity index (χ1) is 22.1. The van der Waals surface area contributed by atoms with Gasteiger partial charge in [-0.25, -0.2) is 0 Å². The number of anilines is 1. The molecule has 2 heterocycles. The average molecular weight is 628 g/mol. The van der Waals surface area contributed by atoms with E-state index < -0.39 is 0 Å². The minimum atomic E-state index is -0.200. The Balaban J connectivity index is 1.45. The van der Waals surface area contributed by atoms with Gasteiger partial charge in [0.15, 0.2) is 0 Å². The SMILES string of the molecule is CCN(c1cc(-c2ccc(CN3CCOCC3)cc2)cc(C(=O)NCc2c(C)cc(C)[nH]c2=O)c1C)[C@H]1CC[C@H](NC(C)=O)CC1. The van der Waals surface area contributed by atoms with Crippen LogP contribution in [-0.2, 0) is 22.6 Å². The zero-order valence-electron chi connectivity index (χ0n) is 28.0. The highest BCUT2D eigenvalue weighted by Crippen LogP contribution is 2.35. The van der Waals surface area contributed by atoms with Crippen LogP contribution in [-0.4, -0.2) is 66.6 Å². The lowest BCUT2D eigenvalue weighted by atomic mass is 9.88. The minimum absolute atomic E-state index is 0.0220. The second-order valence-electron chi connectivity index (χ2n) is 12.9. The van der Waals surface area contributed by atoms with Crippen LogP contribution >= 0.6 is 0 Å². The number of carbonyl (C=O) groups excluding carboxylic acids is 2. The third-order valence-electron chi connectivity index (χ3n) is 9.54. The first-order valence-electron chi connectivity index (χ1n) is 16.7. The smallest absolute Gasteiger partial charge is 0.253 e. The van der Waals surface area contributed by atoms with E-state index >= 15 is 0 Å². The van der Waals surface area contributed by atoms with Crippen LogP contribution in [0.1, 0.15) is 77.8 Å². The molecule has 9 nitrogen and oxygen atoms in total. The number of hydrogen-bond donors (Lipinski definition) is 3. The summed E-state index contributed by atoms with van der Waals surface area (Å²) >= 11 is 0. The number of aromatic amines is 1. The van der Waals surface area contributed by atoms with Crippen LogP contribution in [0.3, 0.4) is 0 Å². The number of aryl methyl sites for hydroxylation is 2. The number of nitrogens with one attached hydrogen (secondary N) is 3. The average Bonchev–Trinajstić information content (AvgIpc) is 3.03. The molecular weight excluding hydrogens is 578 g/mol. The van der Waals surface area contributed by atoms with E-state index in [2.05, 4.69) is 62.7 Å². The van der Waals surface area contributed by atoms with Gasteiger partial charge in [-0.15, -0.1) is 0 Å². The highest BCUT2D eigenvalue weighted by molar-refractivity contribution is 5.99. The molecule has 2 fully saturated rings. The molecule has 0 radical (unpaired) electrons. The van der Waals surface area contributed by atoms with Gasteiger partial charge in [-0.2, -0.15) is 0 Å². The maximum atomic E-state index is 13.9. The van der Waals surface area contributed by atoms with Crippen molar-refractivity contribution < 1.29 is 14.3 Å². The summed E-state index contributed by atoms with van der Waals surface area (Å²) < 4.78 is 5.51. The van der Waals surface area contributed by atoms with E-state index in [9.17, 15) is 14.4 Å². The lowest BCUT2D eigenvalue weighted by Gasteiger charge is -2.39. The van der Waals surface area contributed by atoms with Crippen LogP contribution in [0.5, 0.6) is 0 Å². The van der Waals surface area contributed by atoms with Gasteiger partial charge in [0.2, 0.25) is 5.91 Å². The number of ether oxygens (including phenoxy) is 1. The van der Waals surface area contributed by atoms with Crippen molar-refractivity contribution in [2.75, 3.05) is 37.7 Å². The molecule has 3 N–H and O–H groups in total. The Morgan fingerprint density at radius 1 is 0.978 bits per heavy atom. The molecule has 2 amide bonds. The third kappa shape index (κ3) is 8.06. The zero-order valence-corrected chi connectivity index (χ0v) is 28.0. The highest BCUT2D eigenvalue weighted by atomic mass is 16.5. The number of aromatic nitrogens is 1. The maximum absolute atomic E-state index is 13.9. The fraction of sp³-hybridized carbons (Fsp3) is 0.486. The summed E-state index contributed by atoms with van der Waals surface area (Å²) in [6, 6.07) is 15.3. The Bertz CT molecular complexity index is 1580. The van der Waals surface area contributed by atoms with Crippen molar-refractivity contribution in [1.29, 1.82) is 0 Å². The van der Waals surface area contributed by atoms with Crippen molar-refractivity contribution >= 4 is 17.5 Å². The first-order valence-corrected chi connectivity index (χ1v) is 16.7. The summed E-state index contributed by atoms with van der Waals surface area (Å²) in [5, 5.41) is 6.13. The van der Waals surface area contributed by atoms with E-state index in [4.69, 9.17) is 4.74 Å². The number of nitrogens with zero attached hydrogens (tertiary/aromatic N) is 2. The largest absolute Gasteiger partial charge is 0.379 e. The van der Waals surface area contributed by atoms with E-state index in [0.717, 1.165) is 98.7 Å². The highest BCUT2D eigenvalue weighted by Gasteiger charge is 2.28. The Morgan fingerprint density at radius 2 is 1.67 bits per heavy atom. The number of pyridine rings is 1. The maximum Gasteiger partial charge on any atom is 0.253 e. The van der Waals surface area contributed by atoms with Gasteiger partial charge in [-0.3, -0.25) is 19.3 Å². The van der Waals surface area contributed by atoms with Crippen molar-refractivity contribution in [2.24, 2.45) is 0 Å². The molecular formula is C37H49N5O4. The summed E-state index contributed by atoms with van der Waals surface area (Å²) in [4.78, 5) is 45.9. The monoisotopic (exact) mass is 627 g/mol. The van der Waals surface area contributed by atoms with E-state index in [0.29, 0.717) is 17.2 Å². The third-order valence-corrected chi connectivity index (χ3v) is 9.54. The van der Waals surface area contributed by atoms with Gasteiger partial charge < -0.3 is 25.3 Å². The number of morpholine rings is 1. The second kappa shape index (κ2) is 15.1. The Morgan fingerprint density at radius 3 is 2.30 bits per heavy atom. The summed E-state index contributed by atoms with van der Waals surface area (Å²) in [5.41, 5.74) is 7.92. The molecule has 0 bridgehead atoms. The molecule has 3 aromatic rings. The fourth-order valence-electron chi connectivity index (χ4n) is 7.03. The molecule has 0 atom stereocenters. The van der Waals surface area contributed by atoms with Crippen LogP contribution in [0, 0.1) is 20.8 Å². The predicted molar refractivity (Wildman–Crippen MR) is 183 cm³/mol. The number of benzene rings is 2. The topological polar surface area (TPSA) is 107 Å². The molecule has 1 aromatic heterocycles. The van der Waals surface area contributed by atoms with Gasteiger partial charge in [-0.1, -0.05) is 24.3 Å². The molecule has 0 unspecified atom stereocenters. The van der Waals surface area contributed by atoms with Gasteiger partial charge in [0.25, 0.3) is 11.5 Å². The quantitative estimate of drug-likeness (QED) is 0.292. The minimum Gasteiger partial charge on any atom is -0.379 e. The van der Waals surface area contributed by atoms with Crippen molar-refractivity contribution in [3.63, 3.8) is 0 Å². The van der Waals surface area contributed by atoms with E-state index in [-0.39, 0.29) is 30.0 Å². The lowest BCUT2D eigenvalue weighted by Crippen LogP contribution is -2.44. The zero-order chi connectivity index (χ0) is 32.8. The Kier molecular flexibility index (Phi) is 11.0. The molecule has 1 saturated carbocycles. The molecule has 46 heavy (non-hydrogen) atoms. The number of carbonyl (C=O) groups is 2. The molecule has 2 aromatic carbocycles.